The van der Waals surface area contributed by atoms with Crippen LogP contribution in [0.2, 0.25) is 0 Å². The van der Waals surface area contributed by atoms with Crippen LogP contribution in [-0.2, 0) is 4.79 Å². The molecule has 1 amide bonds. The number of hydrogen-bond acceptors (Lipinski definition) is 3. The zero-order chi connectivity index (χ0) is 17.5. The molecule has 0 aliphatic carbocycles. The average molecular weight is 330 g/mol. The molecular weight excluding hydrogens is 312 g/mol. The standard InChI is InChI=1S/C21H18N2O2/c1-16-14-18(10-11-20(16)25-19-8-5-13-22-15-19)23-21(24)12-9-17-6-3-2-4-7-17/h2-15H,1H3,(H,23,24)/b12-9+. The molecule has 3 aromatic rings. The number of ether oxygens (including phenoxy) is 1. The Hall–Kier alpha value is -3.40. The molecule has 0 bridgehead atoms. The minimum atomic E-state index is -0.177. The van der Waals surface area contributed by atoms with Crippen molar-refractivity contribution in [3.8, 4) is 11.5 Å². The molecule has 0 saturated heterocycles. The van der Waals surface area contributed by atoms with Gasteiger partial charge in [0.15, 0.2) is 0 Å². The van der Waals surface area contributed by atoms with Crippen LogP contribution in [-0.4, -0.2) is 10.9 Å². The molecule has 0 radical (unpaired) electrons. The van der Waals surface area contributed by atoms with Crippen LogP contribution in [0.4, 0.5) is 5.69 Å². The number of aromatic nitrogens is 1. The van der Waals surface area contributed by atoms with Crippen LogP contribution in [0.15, 0.2) is 79.1 Å². The first kappa shape index (κ1) is 16.5. The molecular formula is C21H18N2O2. The minimum Gasteiger partial charge on any atom is -0.455 e. The lowest BCUT2D eigenvalue weighted by Gasteiger charge is -2.10. The van der Waals surface area contributed by atoms with Gasteiger partial charge >= 0.3 is 0 Å². The third-order valence-electron chi connectivity index (χ3n) is 3.53. The summed E-state index contributed by atoms with van der Waals surface area (Å²) in [5.74, 6) is 1.23. The summed E-state index contributed by atoms with van der Waals surface area (Å²) in [6, 6.07) is 18.9. The molecule has 1 aromatic heterocycles. The smallest absolute Gasteiger partial charge is 0.248 e. The van der Waals surface area contributed by atoms with Gasteiger partial charge in [-0.15, -0.1) is 0 Å². The molecule has 0 aliphatic heterocycles. The van der Waals surface area contributed by atoms with Crippen molar-refractivity contribution in [2.75, 3.05) is 5.32 Å². The van der Waals surface area contributed by atoms with Gasteiger partial charge in [0.2, 0.25) is 5.91 Å². The highest BCUT2D eigenvalue weighted by atomic mass is 16.5. The second-order valence-corrected chi connectivity index (χ2v) is 5.50. The van der Waals surface area contributed by atoms with Crippen LogP contribution in [0.3, 0.4) is 0 Å². The fraction of sp³-hybridized carbons (Fsp3) is 0.0476. The third kappa shape index (κ3) is 4.78. The summed E-state index contributed by atoms with van der Waals surface area (Å²) < 4.78 is 5.79. The van der Waals surface area contributed by atoms with Crippen LogP contribution < -0.4 is 10.1 Å². The SMILES string of the molecule is Cc1cc(NC(=O)/C=C/c2ccccc2)ccc1Oc1cccnc1. The van der Waals surface area contributed by atoms with Crippen LogP contribution in [0.25, 0.3) is 6.08 Å². The van der Waals surface area contributed by atoms with Gasteiger partial charge in [0.1, 0.15) is 11.5 Å². The Bertz CT molecular complexity index is 875. The van der Waals surface area contributed by atoms with Gasteiger partial charge in [-0.3, -0.25) is 9.78 Å². The minimum absolute atomic E-state index is 0.177. The van der Waals surface area contributed by atoms with E-state index in [2.05, 4.69) is 10.3 Å². The zero-order valence-corrected chi connectivity index (χ0v) is 13.8. The number of anilines is 1. The summed E-state index contributed by atoms with van der Waals surface area (Å²) in [6.45, 7) is 1.93. The van der Waals surface area contributed by atoms with E-state index < -0.39 is 0 Å². The van der Waals surface area contributed by atoms with Crippen LogP contribution in [0.1, 0.15) is 11.1 Å². The summed E-state index contributed by atoms with van der Waals surface area (Å²) in [4.78, 5) is 16.1. The van der Waals surface area contributed by atoms with Gasteiger partial charge in [-0.25, -0.2) is 0 Å². The summed E-state index contributed by atoms with van der Waals surface area (Å²) >= 11 is 0. The van der Waals surface area contributed by atoms with Gasteiger partial charge in [-0.2, -0.15) is 0 Å². The molecule has 0 atom stereocenters. The Balaban J connectivity index is 1.64. The fourth-order valence-corrected chi connectivity index (χ4v) is 2.30. The third-order valence-corrected chi connectivity index (χ3v) is 3.53. The molecule has 25 heavy (non-hydrogen) atoms. The zero-order valence-electron chi connectivity index (χ0n) is 13.8. The number of carbonyl (C=O) groups is 1. The topological polar surface area (TPSA) is 51.2 Å². The predicted molar refractivity (Wildman–Crippen MR) is 99.6 cm³/mol. The maximum absolute atomic E-state index is 12.0. The molecule has 0 aliphatic rings. The number of benzene rings is 2. The van der Waals surface area contributed by atoms with E-state index in [0.717, 1.165) is 22.6 Å². The van der Waals surface area contributed by atoms with E-state index in [4.69, 9.17) is 4.74 Å². The quantitative estimate of drug-likeness (QED) is 0.681. The van der Waals surface area contributed by atoms with E-state index in [9.17, 15) is 4.79 Å². The molecule has 4 heteroatoms. The maximum atomic E-state index is 12.0. The number of aryl methyl sites for hydroxylation is 1. The molecule has 0 fully saturated rings. The van der Waals surface area contributed by atoms with Crippen LogP contribution >= 0.6 is 0 Å². The second kappa shape index (κ2) is 7.93. The molecule has 2 aromatic carbocycles. The van der Waals surface area contributed by atoms with Gasteiger partial charge in [0.05, 0.1) is 6.20 Å². The van der Waals surface area contributed by atoms with E-state index in [-0.39, 0.29) is 5.91 Å². The number of rotatable bonds is 5. The van der Waals surface area contributed by atoms with Crippen molar-refractivity contribution in [1.82, 2.24) is 4.98 Å². The van der Waals surface area contributed by atoms with E-state index in [1.807, 2.05) is 67.6 Å². The summed E-state index contributed by atoms with van der Waals surface area (Å²) in [5.41, 5.74) is 2.63. The Morgan fingerprint density at radius 3 is 2.64 bits per heavy atom. The number of nitrogens with zero attached hydrogens (tertiary/aromatic N) is 1. The van der Waals surface area contributed by atoms with E-state index >= 15 is 0 Å². The molecule has 124 valence electrons. The molecule has 1 heterocycles. The maximum Gasteiger partial charge on any atom is 0.248 e. The molecule has 4 nitrogen and oxygen atoms in total. The number of amides is 1. The van der Waals surface area contributed by atoms with Crippen molar-refractivity contribution >= 4 is 17.7 Å². The lowest BCUT2D eigenvalue weighted by Crippen LogP contribution is -2.07. The van der Waals surface area contributed by atoms with Crippen molar-refractivity contribution in [3.05, 3.63) is 90.3 Å². The summed E-state index contributed by atoms with van der Waals surface area (Å²) in [7, 11) is 0. The van der Waals surface area contributed by atoms with E-state index in [1.54, 1.807) is 18.5 Å². The Morgan fingerprint density at radius 2 is 1.92 bits per heavy atom. The lowest BCUT2D eigenvalue weighted by molar-refractivity contribution is -0.111. The van der Waals surface area contributed by atoms with Crippen molar-refractivity contribution in [2.24, 2.45) is 0 Å². The van der Waals surface area contributed by atoms with E-state index in [0.29, 0.717) is 5.75 Å². The predicted octanol–water partition coefficient (Wildman–Crippen LogP) is 4.83. The average Bonchev–Trinajstić information content (AvgIpc) is 2.64. The highest BCUT2D eigenvalue weighted by Crippen LogP contribution is 2.26. The van der Waals surface area contributed by atoms with Gasteiger partial charge in [-0.1, -0.05) is 30.3 Å². The van der Waals surface area contributed by atoms with Gasteiger partial charge in [0.25, 0.3) is 0 Å². The van der Waals surface area contributed by atoms with Crippen molar-refractivity contribution in [3.63, 3.8) is 0 Å². The monoisotopic (exact) mass is 330 g/mol. The van der Waals surface area contributed by atoms with Crippen molar-refractivity contribution in [1.29, 1.82) is 0 Å². The summed E-state index contributed by atoms with van der Waals surface area (Å²) in [5, 5.41) is 2.85. The molecule has 0 saturated carbocycles. The fourth-order valence-electron chi connectivity index (χ4n) is 2.30. The van der Waals surface area contributed by atoms with Gasteiger partial charge < -0.3 is 10.1 Å². The molecule has 0 unspecified atom stereocenters. The van der Waals surface area contributed by atoms with Crippen LogP contribution in [0, 0.1) is 6.92 Å². The Morgan fingerprint density at radius 1 is 1.08 bits per heavy atom. The summed E-state index contributed by atoms with van der Waals surface area (Å²) in [6.07, 6.45) is 6.65. The highest BCUT2D eigenvalue weighted by molar-refractivity contribution is 6.02. The number of carbonyl (C=O) groups excluding carboxylic acids is 1. The van der Waals surface area contributed by atoms with Gasteiger partial charge in [0, 0.05) is 18.0 Å². The molecule has 1 N–H and O–H groups in total. The Labute approximate surface area is 146 Å². The Kier molecular flexibility index (Phi) is 5.22. The van der Waals surface area contributed by atoms with Gasteiger partial charge in [-0.05, 0) is 54.5 Å². The largest absolute Gasteiger partial charge is 0.455 e. The molecule has 3 rings (SSSR count). The second-order valence-electron chi connectivity index (χ2n) is 5.50. The number of nitrogens with one attached hydrogen (secondary N) is 1. The number of pyridine rings is 1. The number of hydrogen-bond donors (Lipinski definition) is 1. The van der Waals surface area contributed by atoms with Crippen molar-refractivity contribution in [2.45, 2.75) is 6.92 Å². The van der Waals surface area contributed by atoms with E-state index in [1.165, 1.54) is 6.08 Å². The van der Waals surface area contributed by atoms with Crippen molar-refractivity contribution < 1.29 is 9.53 Å². The van der Waals surface area contributed by atoms with Crippen LogP contribution in [0.5, 0.6) is 11.5 Å². The highest BCUT2D eigenvalue weighted by Gasteiger charge is 2.04. The first-order valence-corrected chi connectivity index (χ1v) is 7.93. The first-order chi connectivity index (χ1) is 12.2. The molecule has 0 spiro atoms. The first-order valence-electron chi connectivity index (χ1n) is 7.93. The normalized spacial score (nSPS) is 10.6. The lowest BCUT2D eigenvalue weighted by atomic mass is 10.2.